The molecule has 17 heavy (non-hydrogen) atoms. The van der Waals surface area contributed by atoms with Crippen LogP contribution in [0.3, 0.4) is 0 Å². The zero-order valence-electron chi connectivity index (χ0n) is 9.76. The number of carbonyl (C=O) groups excluding carboxylic acids is 1. The van der Waals surface area contributed by atoms with Gasteiger partial charge in [0.1, 0.15) is 6.61 Å². The highest BCUT2D eigenvalue weighted by atomic mass is 32.2. The number of nitrogens with two attached hydrogens (primary N) is 1. The van der Waals surface area contributed by atoms with Crippen LogP contribution in [0.2, 0.25) is 0 Å². The Kier molecular flexibility index (Phi) is 4.11. The molecule has 1 aromatic rings. The molecule has 0 aliphatic rings. The Morgan fingerprint density at radius 3 is 2.59 bits per heavy atom. The molecule has 5 nitrogen and oxygen atoms in total. The van der Waals surface area contributed by atoms with Crippen LogP contribution in [0.25, 0.3) is 0 Å². The van der Waals surface area contributed by atoms with Crippen LogP contribution in [0, 0.1) is 6.92 Å². The first-order valence-corrected chi connectivity index (χ1v) is 7.06. The Labute approximate surface area is 100 Å². The van der Waals surface area contributed by atoms with Gasteiger partial charge in [-0.2, -0.15) is 0 Å². The third kappa shape index (κ3) is 4.44. The summed E-state index contributed by atoms with van der Waals surface area (Å²) in [6, 6.07) is 4.81. The fourth-order valence-corrected chi connectivity index (χ4v) is 1.52. The van der Waals surface area contributed by atoms with Gasteiger partial charge >= 0.3 is 5.97 Å². The molecule has 0 aromatic heterocycles. The Morgan fingerprint density at radius 2 is 2.06 bits per heavy atom. The zero-order valence-corrected chi connectivity index (χ0v) is 10.6. The van der Waals surface area contributed by atoms with Crippen LogP contribution in [-0.2, 0) is 14.6 Å². The molecule has 0 saturated heterocycles. The van der Waals surface area contributed by atoms with E-state index in [-0.39, 0.29) is 12.4 Å². The number of anilines is 1. The number of aryl methyl sites for hydroxylation is 1. The van der Waals surface area contributed by atoms with Crippen molar-refractivity contribution in [3.05, 3.63) is 29.3 Å². The van der Waals surface area contributed by atoms with Crippen LogP contribution in [-0.4, -0.2) is 33.0 Å². The molecule has 0 aliphatic heterocycles. The van der Waals surface area contributed by atoms with Gasteiger partial charge in [-0.1, -0.05) is 6.07 Å². The van der Waals surface area contributed by atoms with Crippen LogP contribution >= 0.6 is 0 Å². The summed E-state index contributed by atoms with van der Waals surface area (Å²) in [6.45, 7) is 1.68. The van der Waals surface area contributed by atoms with Gasteiger partial charge in [0.2, 0.25) is 0 Å². The Balaban J connectivity index is 2.61. The number of hydrogen-bond donors (Lipinski definition) is 1. The highest BCUT2D eigenvalue weighted by molar-refractivity contribution is 7.90. The van der Waals surface area contributed by atoms with E-state index < -0.39 is 15.8 Å². The molecule has 0 unspecified atom stereocenters. The molecule has 1 aromatic carbocycles. The van der Waals surface area contributed by atoms with Gasteiger partial charge in [-0.05, 0) is 24.6 Å². The van der Waals surface area contributed by atoms with E-state index in [1.807, 2.05) is 6.92 Å². The van der Waals surface area contributed by atoms with Crippen molar-refractivity contribution in [3.63, 3.8) is 0 Å². The Hall–Kier alpha value is -1.56. The maximum atomic E-state index is 11.5. The molecule has 0 bridgehead atoms. The highest BCUT2D eigenvalue weighted by Crippen LogP contribution is 2.13. The molecule has 1 rings (SSSR count). The fourth-order valence-electron chi connectivity index (χ4n) is 1.14. The van der Waals surface area contributed by atoms with E-state index in [4.69, 9.17) is 10.5 Å². The molecule has 0 spiro atoms. The van der Waals surface area contributed by atoms with E-state index in [1.165, 1.54) is 6.07 Å². The predicted octanol–water partition coefficient (Wildman–Crippen LogP) is 0.779. The van der Waals surface area contributed by atoms with E-state index in [0.29, 0.717) is 11.3 Å². The van der Waals surface area contributed by atoms with Crippen molar-refractivity contribution in [2.45, 2.75) is 6.92 Å². The lowest BCUT2D eigenvalue weighted by molar-refractivity contribution is 0.0529. The zero-order chi connectivity index (χ0) is 13.1. The van der Waals surface area contributed by atoms with Crippen LogP contribution < -0.4 is 5.73 Å². The van der Waals surface area contributed by atoms with E-state index in [9.17, 15) is 13.2 Å². The average Bonchev–Trinajstić information content (AvgIpc) is 2.20. The number of carbonyl (C=O) groups is 1. The van der Waals surface area contributed by atoms with Gasteiger partial charge < -0.3 is 10.5 Å². The van der Waals surface area contributed by atoms with Gasteiger partial charge in [-0.3, -0.25) is 0 Å². The monoisotopic (exact) mass is 257 g/mol. The number of ether oxygens (including phenoxy) is 1. The number of esters is 1. The minimum atomic E-state index is -3.12. The maximum absolute atomic E-state index is 11.5. The van der Waals surface area contributed by atoms with Crippen molar-refractivity contribution in [2.75, 3.05) is 24.3 Å². The summed E-state index contributed by atoms with van der Waals surface area (Å²) in [5, 5.41) is 0. The van der Waals surface area contributed by atoms with Crippen molar-refractivity contribution in [2.24, 2.45) is 0 Å². The SMILES string of the molecule is Cc1ccc(C(=O)OCCS(C)(=O)=O)cc1N. The van der Waals surface area contributed by atoms with Crippen molar-refractivity contribution in [1.82, 2.24) is 0 Å². The molecule has 0 radical (unpaired) electrons. The number of nitrogen functional groups attached to an aromatic ring is 1. The number of sulfone groups is 1. The van der Waals surface area contributed by atoms with E-state index in [1.54, 1.807) is 12.1 Å². The second-order valence-electron chi connectivity index (χ2n) is 3.84. The lowest BCUT2D eigenvalue weighted by Gasteiger charge is -2.06. The normalized spacial score (nSPS) is 11.2. The summed E-state index contributed by atoms with van der Waals surface area (Å²) >= 11 is 0. The van der Waals surface area contributed by atoms with Crippen LogP contribution in [0.1, 0.15) is 15.9 Å². The van der Waals surface area contributed by atoms with Crippen LogP contribution in [0.5, 0.6) is 0 Å². The van der Waals surface area contributed by atoms with Crippen molar-refractivity contribution in [3.8, 4) is 0 Å². The second-order valence-corrected chi connectivity index (χ2v) is 6.10. The van der Waals surface area contributed by atoms with E-state index >= 15 is 0 Å². The summed E-state index contributed by atoms with van der Waals surface area (Å²) in [6.07, 6.45) is 1.09. The van der Waals surface area contributed by atoms with Crippen molar-refractivity contribution >= 4 is 21.5 Å². The number of rotatable bonds is 4. The standard InChI is InChI=1S/C11H15NO4S/c1-8-3-4-9(7-10(8)12)11(13)16-5-6-17(2,14)15/h3-4,7H,5-6,12H2,1-2H3. The smallest absolute Gasteiger partial charge is 0.338 e. The Bertz CT molecular complexity index is 522. The molecule has 0 heterocycles. The van der Waals surface area contributed by atoms with E-state index in [2.05, 4.69) is 0 Å². The van der Waals surface area contributed by atoms with Crippen molar-refractivity contribution < 1.29 is 17.9 Å². The summed E-state index contributed by atoms with van der Waals surface area (Å²) < 4.78 is 26.5. The fraction of sp³-hybridized carbons (Fsp3) is 0.364. The van der Waals surface area contributed by atoms with Gasteiger partial charge in [0, 0.05) is 11.9 Å². The third-order valence-corrected chi connectivity index (χ3v) is 3.11. The topological polar surface area (TPSA) is 86.5 Å². The molecular weight excluding hydrogens is 242 g/mol. The minimum absolute atomic E-state index is 0.147. The van der Waals surface area contributed by atoms with Gasteiger partial charge in [0.15, 0.2) is 9.84 Å². The quantitative estimate of drug-likeness (QED) is 0.636. The highest BCUT2D eigenvalue weighted by Gasteiger charge is 2.10. The number of benzene rings is 1. The Morgan fingerprint density at radius 1 is 1.41 bits per heavy atom. The van der Waals surface area contributed by atoms with E-state index in [0.717, 1.165) is 11.8 Å². The summed E-state index contributed by atoms with van der Waals surface area (Å²) in [4.78, 5) is 11.5. The molecule has 0 saturated carbocycles. The minimum Gasteiger partial charge on any atom is -0.461 e. The molecule has 2 N–H and O–H groups in total. The van der Waals surface area contributed by atoms with Crippen LogP contribution in [0.15, 0.2) is 18.2 Å². The molecule has 0 atom stereocenters. The van der Waals surface area contributed by atoms with Crippen LogP contribution in [0.4, 0.5) is 5.69 Å². The second kappa shape index (κ2) is 5.18. The first-order chi connectivity index (χ1) is 7.79. The van der Waals surface area contributed by atoms with Gasteiger partial charge in [0.05, 0.1) is 11.3 Å². The lowest BCUT2D eigenvalue weighted by Crippen LogP contribution is -2.14. The van der Waals surface area contributed by atoms with Crippen molar-refractivity contribution in [1.29, 1.82) is 0 Å². The van der Waals surface area contributed by atoms with Gasteiger partial charge in [-0.15, -0.1) is 0 Å². The molecular formula is C11H15NO4S. The molecule has 94 valence electrons. The summed E-state index contributed by atoms with van der Waals surface area (Å²) in [7, 11) is -3.12. The van der Waals surface area contributed by atoms with Gasteiger partial charge in [-0.25, -0.2) is 13.2 Å². The molecule has 0 fully saturated rings. The number of hydrogen-bond acceptors (Lipinski definition) is 5. The third-order valence-electron chi connectivity index (χ3n) is 2.20. The summed E-state index contributed by atoms with van der Waals surface area (Å²) in [5.41, 5.74) is 7.35. The molecule has 0 aliphatic carbocycles. The van der Waals surface area contributed by atoms with Gasteiger partial charge in [0.25, 0.3) is 0 Å². The predicted molar refractivity (Wildman–Crippen MR) is 65.6 cm³/mol. The largest absolute Gasteiger partial charge is 0.461 e. The maximum Gasteiger partial charge on any atom is 0.338 e. The molecule has 6 heteroatoms. The average molecular weight is 257 g/mol. The lowest BCUT2D eigenvalue weighted by atomic mass is 10.1. The first kappa shape index (κ1) is 13.5. The summed E-state index contributed by atoms with van der Waals surface area (Å²) in [5.74, 6) is -0.750. The molecule has 0 amide bonds. The first-order valence-electron chi connectivity index (χ1n) is 5.00.